The maximum atomic E-state index is 14.2. The summed E-state index contributed by atoms with van der Waals surface area (Å²) in [5, 5.41) is 9.44. The number of thioether (sulfide) groups is 1. The molecule has 0 saturated carbocycles. The second-order valence-electron chi connectivity index (χ2n) is 8.96. The number of halogens is 1. The molecule has 2 N–H and O–H groups in total. The van der Waals surface area contributed by atoms with E-state index in [1.54, 1.807) is 22.9 Å². The molecule has 0 radical (unpaired) electrons. The molecular weight excluding hydrogens is 501 g/mol. The number of rotatable bonds is 7. The maximum absolute atomic E-state index is 14.2. The second-order valence-corrected chi connectivity index (χ2v) is 9.90. The number of hydrogen-bond donors (Lipinski definition) is 2. The highest BCUT2D eigenvalue weighted by Gasteiger charge is 2.36. The summed E-state index contributed by atoms with van der Waals surface area (Å²) >= 11 is 1.34. The summed E-state index contributed by atoms with van der Waals surface area (Å²) < 4.78 is 21.6. The van der Waals surface area contributed by atoms with Gasteiger partial charge >= 0.3 is 5.97 Å². The lowest BCUT2D eigenvalue weighted by Crippen LogP contribution is -2.29. The normalized spacial score (nSPS) is 14.8. The Morgan fingerprint density at radius 2 is 1.82 bits per heavy atom. The fourth-order valence-corrected chi connectivity index (χ4v) is 5.44. The Labute approximate surface area is 222 Å². The van der Waals surface area contributed by atoms with Crippen LogP contribution in [-0.4, -0.2) is 25.7 Å². The van der Waals surface area contributed by atoms with Crippen LogP contribution in [0.2, 0.25) is 0 Å². The molecule has 7 nitrogen and oxygen atoms in total. The van der Waals surface area contributed by atoms with Crippen LogP contribution in [0.3, 0.4) is 0 Å². The molecule has 9 heteroatoms. The number of H-pyrrole nitrogens is 1. The zero-order valence-corrected chi connectivity index (χ0v) is 21.3. The molecule has 6 rings (SSSR count). The molecule has 0 spiro atoms. The van der Waals surface area contributed by atoms with Gasteiger partial charge in [0.05, 0.1) is 5.57 Å². The number of aromatic nitrogens is 4. The first-order valence-electron chi connectivity index (χ1n) is 12.2. The molecule has 5 aromatic rings. The lowest BCUT2D eigenvalue weighted by Gasteiger charge is -2.27. The van der Waals surface area contributed by atoms with E-state index in [9.17, 15) is 9.18 Å². The van der Waals surface area contributed by atoms with Crippen LogP contribution in [-0.2, 0) is 21.9 Å². The molecule has 3 aromatic carbocycles. The van der Waals surface area contributed by atoms with Gasteiger partial charge < -0.3 is 15.0 Å². The Morgan fingerprint density at radius 1 is 1.05 bits per heavy atom. The molecule has 1 aliphatic heterocycles. The standard InChI is InChI=1S/C29H24FN5O2S/c1-18-25(27(36)37-16-19-9-3-2-4-10-19)26(22-15-31-24-14-8-6-12-21(22)24)35-28(32-18)33-29(34-35)38-17-20-11-5-7-13-23(20)30/h2-15,26,31H,16-17H2,1H3,(H,32,33,34). The van der Waals surface area contributed by atoms with Crippen molar-refractivity contribution in [2.45, 2.75) is 30.5 Å². The van der Waals surface area contributed by atoms with Gasteiger partial charge in [0.25, 0.3) is 0 Å². The van der Waals surface area contributed by atoms with Crippen molar-refractivity contribution in [1.82, 2.24) is 19.7 Å². The largest absolute Gasteiger partial charge is 0.457 e. The van der Waals surface area contributed by atoms with Crippen LogP contribution in [0, 0.1) is 5.82 Å². The van der Waals surface area contributed by atoms with Crippen molar-refractivity contribution in [2.24, 2.45) is 0 Å². The van der Waals surface area contributed by atoms with E-state index in [2.05, 4.69) is 15.3 Å². The first-order valence-corrected chi connectivity index (χ1v) is 13.1. The molecule has 2 aromatic heterocycles. The SMILES string of the molecule is CC1=C(C(=O)OCc2ccccc2)C(c2c[nH]c3ccccc23)n2nc(SCc3ccccc3F)nc2N1. The molecule has 3 heterocycles. The number of hydrogen-bond acceptors (Lipinski definition) is 6. The highest BCUT2D eigenvalue weighted by atomic mass is 32.2. The Balaban J connectivity index is 1.36. The maximum Gasteiger partial charge on any atom is 0.338 e. The van der Waals surface area contributed by atoms with Gasteiger partial charge in [-0.05, 0) is 30.2 Å². The van der Waals surface area contributed by atoms with E-state index < -0.39 is 12.0 Å². The van der Waals surface area contributed by atoms with Crippen LogP contribution in [0.4, 0.5) is 10.3 Å². The van der Waals surface area contributed by atoms with Gasteiger partial charge in [-0.25, -0.2) is 13.9 Å². The zero-order valence-electron chi connectivity index (χ0n) is 20.5. The van der Waals surface area contributed by atoms with Gasteiger partial charge in [-0.1, -0.05) is 78.5 Å². The molecule has 0 fully saturated rings. The number of aromatic amines is 1. The number of fused-ring (bicyclic) bond motifs is 2. The Hall–Kier alpha value is -4.37. The molecular formula is C29H24FN5O2S. The molecule has 0 aliphatic carbocycles. The van der Waals surface area contributed by atoms with Crippen molar-refractivity contribution < 1.29 is 13.9 Å². The van der Waals surface area contributed by atoms with Crippen molar-refractivity contribution in [3.05, 3.63) is 119 Å². The number of carbonyl (C=O) groups is 1. The fourth-order valence-electron chi connectivity index (χ4n) is 4.62. The van der Waals surface area contributed by atoms with Gasteiger partial charge in [0.15, 0.2) is 0 Å². The van der Waals surface area contributed by atoms with Crippen molar-refractivity contribution in [3.63, 3.8) is 0 Å². The molecule has 0 saturated heterocycles. The third-order valence-electron chi connectivity index (χ3n) is 6.50. The number of para-hydroxylation sites is 1. The molecule has 1 aliphatic rings. The monoisotopic (exact) mass is 525 g/mol. The van der Waals surface area contributed by atoms with Crippen molar-refractivity contribution in [1.29, 1.82) is 0 Å². The fraction of sp³-hybridized carbons (Fsp3) is 0.138. The Bertz CT molecular complexity index is 1660. The van der Waals surface area contributed by atoms with Crippen LogP contribution in [0.15, 0.2) is 101 Å². The van der Waals surface area contributed by atoms with Crippen LogP contribution in [0.5, 0.6) is 0 Å². The van der Waals surface area contributed by atoms with Crippen molar-refractivity contribution in [3.8, 4) is 0 Å². The van der Waals surface area contributed by atoms with Crippen LogP contribution >= 0.6 is 11.8 Å². The topological polar surface area (TPSA) is 84.8 Å². The third-order valence-corrected chi connectivity index (χ3v) is 7.38. The third kappa shape index (κ3) is 4.56. The summed E-state index contributed by atoms with van der Waals surface area (Å²) in [4.78, 5) is 21.5. The van der Waals surface area contributed by atoms with Crippen LogP contribution in [0.25, 0.3) is 10.9 Å². The van der Waals surface area contributed by atoms with E-state index >= 15 is 0 Å². The number of esters is 1. The highest BCUT2D eigenvalue weighted by Crippen LogP contribution is 2.39. The van der Waals surface area contributed by atoms with Crippen molar-refractivity contribution >= 4 is 34.6 Å². The molecule has 0 bridgehead atoms. The lowest BCUT2D eigenvalue weighted by molar-refractivity contribution is -0.140. The average Bonchev–Trinajstić information content (AvgIpc) is 3.55. The minimum atomic E-state index is -0.569. The second kappa shape index (κ2) is 10.2. The first kappa shape index (κ1) is 24.0. The highest BCUT2D eigenvalue weighted by molar-refractivity contribution is 7.98. The number of allylic oxidation sites excluding steroid dienone is 1. The van der Waals surface area contributed by atoms with E-state index in [4.69, 9.17) is 9.84 Å². The van der Waals surface area contributed by atoms with E-state index in [-0.39, 0.29) is 12.4 Å². The molecule has 1 unspecified atom stereocenters. The van der Waals surface area contributed by atoms with E-state index in [1.165, 1.54) is 17.8 Å². The number of carbonyl (C=O) groups excluding carboxylic acids is 1. The molecule has 0 amide bonds. The van der Waals surface area contributed by atoms with Crippen molar-refractivity contribution in [2.75, 3.05) is 5.32 Å². The van der Waals surface area contributed by atoms with E-state index in [0.717, 1.165) is 22.0 Å². The van der Waals surface area contributed by atoms with Gasteiger partial charge in [-0.2, -0.15) is 4.98 Å². The summed E-state index contributed by atoms with van der Waals surface area (Å²) in [6, 6.07) is 23.6. The van der Waals surface area contributed by atoms with Crippen LogP contribution < -0.4 is 5.32 Å². The van der Waals surface area contributed by atoms with Gasteiger partial charge in [-0.15, -0.1) is 5.10 Å². The Kier molecular flexibility index (Phi) is 6.43. The summed E-state index contributed by atoms with van der Waals surface area (Å²) in [5.74, 6) is 0.190. The number of benzene rings is 3. The van der Waals surface area contributed by atoms with Gasteiger partial charge in [0.1, 0.15) is 18.5 Å². The smallest absolute Gasteiger partial charge is 0.338 e. The summed E-state index contributed by atoms with van der Waals surface area (Å²) in [6.45, 7) is 2.00. The lowest BCUT2D eigenvalue weighted by atomic mass is 9.95. The zero-order chi connectivity index (χ0) is 26.1. The van der Waals surface area contributed by atoms with Gasteiger partial charge in [0.2, 0.25) is 11.1 Å². The predicted octanol–water partition coefficient (Wildman–Crippen LogP) is 6.22. The Morgan fingerprint density at radius 3 is 2.66 bits per heavy atom. The summed E-state index contributed by atoms with van der Waals surface area (Å²) in [6.07, 6.45) is 1.90. The quantitative estimate of drug-likeness (QED) is 0.194. The summed E-state index contributed by atoms with van der Waals surface area (Å²) in [5.41, 5.74) is 4.40. The predicted molar refractivity (Wildman–Crippen MR) is 145 cm³/mol. The number of nitrogens with one attached hydrogen (secondary N) is 2. The molecule has 38 heavy (non-hydrogen) atoms. The first-order chi connectivity index (χ1) is 18.6. The van der Waals surface area contributed by atoms with E-state index in [0.29, 0.717) is 33.7 Å². The molecule has 1 atom stereocenters. The number of anilines is 1. The van der Waals surface area contributed by atoms with Gasteiger partial charge in [-0.3, -0.25) is 0 Å². The number of nitrogens with zero attached hydrogens (tertiary/aromatic N) is 3. The van der Waals surface area contributed by atoms with Gasteiger partial charge in [0, 0.05) is 34.1 Å². The minimum absolute atomic E-state index is 0.158. The van der Waals surface area contributed by atoms with E-state index in [1.807, 2.05) is 67.7 Å². The number of ether oxygens (including phenoxy) is 1. The van der Waals surface area contributed by atoms with Crippen LogP contribution in [0.1, 0.15) is 29.7 Å². The average molecular weight is 526 g/mol. The summed E-state index contributed by atoms with van der Waals surface area (Å²) in [7, 11) is 0. The molecule has 190 valence electrons. The minimum Gasteiger partial charge on any atom is -0.457 e.